The summed E-state index contributed by atoms with van der Waals surface area (Å²) in [4.78, 5) is 0. The molecule has 0 aliphatic heterocycles. The van der Waals surface area contributed by atoms with Crippen LogP contribution in [0.5, 0.6) is 0 Å². The predicted molar refractivity (Wildman–Crippen MR) is 78.4 cm³/mol. The van der Waals surface area contributed by atoms with Crippen molar-refractivity contribution in [1.29, 1.82) is 0 Å². The first-order valence-electron chi connectivity index (χ1n) is 6.25. The fraction of sp³-hybridized carbons (Fsp3) is 0.176. The third-order valence-corrected chi connectivity index (χ3v) is 3.91. The second-order valence-electron chi connectivity index (χ2n) is 4.46. The van der Waals surface area contributed by atoms with Gasteiger partial charge in [-0.15, -0.1) is 0 Å². The molecule has 18 heavy (non-hydrogen) atoms. The van der Waals surface area contributed by atoms with Crippen molar-refractivity contribution >= 4 is 16.9 Å². The maximum atomic E-state index is 3.38. The van der Waals surface area contributed by atoms with Gasteiger partial charge in [-0.2, -0.15) is 11.3 Å². The molecule has 1 aliphatic rings. The van der Waals surface area contributed by atoms with E-state index in [9.17, 15) is 0 Å². The van der Waals surface area contributed by atoms with E-state index in [1.54, 1.807) is 11.3 Å². The molecule has 1 heterocycles. The van der Waals surface area contributed by atoms with Crippen LogP contribution in [-0.2, 0) is 0 Å². The average Bonchev–Trinajstić information content (AvgIpc) is 2.86. The Morgan fingerprint density at radius 1 is 1.06 bits per heavy atom. The summed E-state index contributed by atoms with van der Waals surface area (Å²) in [6, 6.07) is 12.6. The summed E-state index contributed by atoms with van der Waals surface area (Å²) in [5, 5.41) is 4.17. The minimum absolute atomic E-state index is 1.12. The molecule has 0 amide bonds. The van der Waals surface area contributed by atoms with Gasteiger partial charge in [-0.25, -0.2) is 0 Å². The molecule has 1 aromatic carbocycles. The molecule has 88 valence electrons. The standard InChI is InChI=1S/C17H14S/c1-2-5-15(6-3-1)17(16-7-4-8-16)10-9-14-11-12-18-13-14/h1-3,5-6,11-13H,4,7-8H2. The van der Waals surface area contributed by atoms with Gasteiger partial charge in [0.05, 0.1) is 0 Å². The van der Waals surface area contributed by atoms with Crippen LogP contribution >= 0.6 is 11.3 Å². The Hall–Kier alpha value is -1.78. The first kappa shape index (κ1) is 11.3. The van der Waals surface area contributed by atoms with E-state index < -0.39 is 0 Å². The molecular formula is C17H14S. The van der Waals surface area contributed by atoms with Crippen LogP contribution in [0.15, 0.2) is 52.7 Å². The SMILES string of the molecule is C(#Cc1ccsc1)C(=C1CCC1)c1ccccc1. The van der Waals surface area contributed by atoms with Gasteiger partial charge in [0.1, 0.15) is 0 Å². The van der Waals surface area contributed by atoms with Crippen molar-refractivity contribution in [2.75, 3.05) is 0 Å². The molecule has 0 atom stereocenters. The van der Waals surface area contributed by atoms with Crippen molar-refractivity contribution in [3.8, 4) is 11.8 Å². The minimum atomic E-state index is 1.12. The Kier molecular flexibility index (Phi) is 3.30. The summed E-state index contributed by atoms with van der Waals surface area (Å²) < 4.78 is 0. The van der Waals surface area contributed by atoms with E-state index in [2.05, 4.69) is 59.0 Å². The summed E-state index contributed by atoms with van der Waals surface area (Å²) in [6.45, 7) is 0. The highest BCUT2D eigenvalue weighted by Gasteiger charge is 2.14. The van der Waals surface area contributed by atoms with Crippen LogP contribution in [0.25, 0.3) is 5.57 Å². The van der Waals surface area contributed by atoms with E-state index in [1.165, 1.54) is 36.0 Å². The number of allylic oxidation sites excluding steroid dienone is 2. The van der Waals surface area contributed by atoms with Gasteiger partial charge in [-0.1, -0.05) is 47.7 Å². The van der Waals surface area contributed by atoms with Crippen molar-refractivity contribution in [2.24, 2.45) is 0 Å². The summed E-state index contributed by atoms with van der Waals surface area (Å²) in [6.07, 6.45) is 3.73. The third kappa shape index (κ3) is 2.39. The highest BCUT2D eigenvalue weighted by molar-refractivity contribution is 7.08. The molecule has 0 nitrogen and oxygen atoms in total. The van der Waals surface area contributed by atoms with Crippen LogP contribution in [0.1, 0.15) is 30.4 Å². The molecule has 3 rings (SSSR count). The van der Waals surface area contributed by atoms with Gasteiger partial charge < -0.3 is 0 Å². The quantitative estimate of drug-likeness (QED) is 0.641. The number of rotatable bonds is 1. The van der Waals surface area contributed by atoms with Gasteiger partial charge in [0.25, 0.3) is 0 Å². The third-order valence-electron chi connectivity index (χ3n) is 3.23. The van der Waals surface area contributed by atoms with Gasteiger partial charge in [-0.3, -0.25) is 0 Å². The topological polar surface area (TPSA) is 0 Å². The maximum absolute atomic E-state index is 3.38. The molecule has 0 unspecified atom stereocenters. The van der Waals surface area contributed by atoms with Crippen molar-refractivity contribution in [2.45, 2.75) is 19.3 Å². The van der Waals surface area contributed by atoms with Crippen LogP contribution in [0.3, 0.4) is 0 Å². The van der Waals surface area contributed by atoms with Crippen LogP contribution in [0, 0.1) is 11.8 Å². The first-order valence-corrected chi connectivity index (χ1v) is 7.19. The van der Waals surface area contributed by atoms with Crippen LogP contribution in [0.4, 0.5) is 0 Å². The van der Waals surface area contributed by atoms with E-state index in [0.29, 0.717) is 0 Å². The average molecular weight is 250 g/mol. The highest BCUT2D eigenvalue weighted by atomic mass is 32.1. The summed E-state index contributed by atoms with van der Waals surface area (Å²) >= 11 is 1.70. The summed E-state index contributed by atoms with van der Waals surface area (Å²) in [7, 11) is 0. The minimum Gasteiger partial charge on any atom is -0.151 e. The number of thiophene rings is 1. The molecule has 0 spiro atoms. The lowest BCUT2D eigenvalue weighted by Gasteiger charge is -2.19. The first-order chi connectivity index (χ1) is 8.93. The van der Waals surface area contributed by atoms with Gasteiger partial charge >= 0.3 is 0 Å². The monoisotopic (exact) mass is 250 g/mol. The van der Waals surface area contributed by atoms with Crippen molar-refractivity contribution in [3.63, 3.8) is 0 Å². The maximum Gasteiger partial charge on any atom is 0.0356 e. The normalized spacial score (nSPS) is 13.4. The molecule has 0 N–H and O–H groups in total. The molecule has 1 saturated carbocycles. The van der Waals surface area contributed by atoms with E-state index in [1.807, 2.05) is 0 Å². The van der Waals surface area contributed by atoms with Crippen LogP contribution < -0.4 is 0 Å². The number of benzene rings is 1. The van der Waals surface area contributed by atoms with E-state index >= 15 is 0 Å². The lowest BCUT2D eigenvalue weighted by molar-refractivity contribution is 0.667. The number of hydrogen-bond donors (Lipinski definition) is 0. The van der Waals surface area contributed by atoms with Crippen LogP contribution in [-0.4, -0.2) is 0 Å². The van der Waals surface area contributed by atoms with Gasteiger partial charge in [-0.05, 0) is 36.3 Å². The molecule has 0 bridgehead atoms. The molecule has 2 aromatic rings. The predicted octanol–water partition coefficient (Wildman–Crippen LogP) is 4.74. The van der Waals surface area contributed by atoms with E-state index in [4.69, 9.17) is 0 Å². The molecule has 1 aromatic heterocycles. The molecule has 0 radical (unpaired) electrons. The smallest absolute Gasteiger partial charge is 0.0356 e. The second-order valence-corrected chi connectivity index (χ2v) is 5.24. The van der Waals surface area contributed by atoms with Gasteiger partial charge in [0, 0.05) is 16.5 Å². The lowest BCUT2D eigenvalue weighted by Crippen LogP contribution is -2.00. The Bertz CT molecular complexity index is 601. The molecule has 1 fully saturated rings. The van der Waals surface area contributed by atoms with Gasteiger partial charge in [0.15, 0.2) is 0 Å². The molecule has 0 saturated heterocycles. The summed E-state index contributed by atoms with van der Waals surface area (Å²) in [5.41, 5.74) is 5.14. The lowest BCUT2D eigenvalue weighted by atomic mass is 9.85. The zero-order valence-electron chi connectivity index (χ0n) is 10.1. The summed E-state index contributed by atoms with van der Waals surface area (Å²) in [5.74, 6) is 6.65. The Balaban J connectivity index is 1.98. The van der Waals surface area contributed by atoms with E-state index in [-0.39, 0.29) is 0 Å². The Labute approximate surface area is 112 Å². The van der Waals surface area contributed by atoms with Crippen molar-refractivity contribution < 1.29 is 0 Å². The molecule has 1 aliphatic carbocycles. The van der Waals surface area contributed by atoms with E-state index in [0.717, 1.165) is 5.56 Å². The van der Waals surface area contributed by atoms with Crippen LogP contribution in [0.2, 0.25) is 0 Å². The second kappa shape index (κ2) is 5.25. The Morgan fingerprint density at radius 3 is 2.50 bits per heavy atom. The fourth-order valence-electron chi connectivity index (χ4n) is 2.04. The largest absolute Gasteiger partial charge is 0.151 e. The number of hydrogen-bond acceptors (Lipinski definition) is 1. The fourth-order valence-corrected chi connectivity index (χ4v) is 2.63. The Morgan fingerprint density at radius 2 is 1.89 bits per heavy atom. The zero-order valence-corrected chi connectivity index (χ0v) is 11.0. The van der Waals surface area contributed by atoms with Crippen molar-refractivity contribution in [1.82, 2.24) is 0 Å². The molecule has 1 heteroatoms. The van der Waals surface area contributed by atoms with Crippen molar-refractivity contribution in [3.05, 3.63) is 63.9 Å². The highest BCUT2D eigenvalue weighted by Crippen LogP contribution is 2.33. The molecular weight excluding hydrogens is 236 g/mol. The van der Waals surface area contributed by atoms with Gasteiger partial charge in [0.2, 0.25) is 0 Å². The zero-order chi connectivity index (χ0) is 12.2.